The summed E-state index contributed by atoms with van der Waals surface area (Å²) in [5.41, 5.74) is 0.348. The first-order valence-corrected chi connectivity index (χ1v) is 5.45. The number of anilines is 1. The van der Waals surface area contributed by atoms with Crippen molar-refractivity contribution >= 4 is 29.0 Å². The van der Waals surface area contributed by atoms with Gasteiger partial charge in [0.25, 0.3) is 0 Å². The minimum atomic E-state index is -1.19. The third kappa shape index (κ3) is 3.92. The molecule has 0 amide bonds. The molecule has 1 aromatic carbocycles. The average molecular weight is 254 g/mol. The summed E-state index contributed by atoms with van der Waals surface area (Å²) in [7, 11) is 0. The first-order valence-electron chi connectivity index (χ1n) is 5.04. The van der Waals surface area contributed by atoms with Gasteiger partial charge in [-0.3, -0.25) is 0 Å². The Bertz CT molecular complexity index is 446. The highest BCUT2D eigenvalue weighted by molar-refractivity contribution is 7.80. The minimum Gasteiger partial charge on any atom is -0.507 e. The molecule has 0 spiro atoms. The van der Waals surface area contributed by atoms with Crippen LogP contribution in [0.15, 0.2) is 18.2 Å². The minimum absolute atomic E-state index is 0.164. The highest BCUT2D eigenvalue weighted by Crippen LogP contribution is 2.21. The Morgan fingerprint density at radius 2 is 2.06 bits per heavy atom. The van der Waals surface area contributed by atoms with Gasteiger partial charge in [0.2, 0.25) is 0 Å². The zero-order chi connectivity index (χ0) is 13.0. The summed E-state index contributed by atoms with van der Waals surface area (Å²) in [6.07, 6.45) is 0. The molecule has 92 valence electrons. The number of aromatic hydroxyl groups is 1. The third-order valence-corrected chi connectivity index (χ3v) is 2.12. The molecule has 1 rings (SSSR count). The lowest BCUT2D eigenvalue weighted by molar-refractivity contribution is 0.0694. The maximum absolute atomic E-state index is 10.8. The van der Waals surface area contributed by atoms with Crippen molar-refractivity contribution in [2.45, 2.75) is 19.9 Å². The second kappa shape index (κ2) is 5.49. The molecule has 0 aromatic heterocycles. The summed E-state index contributed by atoms with van der Waals surface area (Å²) >= 11 is 5.02. The van der Waals surface area contributed by atoms with E-state index < -0.39 is 5.97 Å². The molecule has 0 aliphatic rings. The van der Waals surface area contributed by atoms with E-state index in [4.69, 9.17) is 17.3 Å². The van der Waals surface area contributed by atoms with Crippen LogP contribution in [0.25, 0.3) is 0 Å². The van der Waals surface area contributed by atoms with Crippen LogP contribution in [0.1, 0.15) is 24.2 Å². The van der Waals surface area contributed by atoms with Gasteiger partial charge in [0.05, 0.1) is 0 Å². The molecule has 0 bridgehead atoms. The Kier molecular flexibility index (Phi) is 4.28. The van der Waals surface area contributed by atoms with Crippen molar-refractivity contribution in [2.75, 3.05) is 5.32 Å². The molecule has 0 aliphatic carbocycles. The molecule has 6 heteroatoms. The van der Waals surface area contributed by atoms with Gasteiger partial charge in [-0.25, -0.2) is 4.79 Å². The summed E-state index contributed by atoms with van der Waals surface area (Å²) in [4.78, 5) is 10.8. The van der Waals surface area contributed by atoms with Gasteiger partial charge in [-0.1, -0.05) is 0 Å². The van der Waals surface area contributed by atoms with Crippen LogP contribution in [-0.4, -0.2) is 27.3 Å². The third-order valence-electron chi connectivity index (χ3n) is 1.90. The Morgan fingerprint density at radius 1 is 1.41 bits per heavy atom. The number of rotatable bonds is 3. The lowest BCUT2D eigenvalue weighted by Gasteiger charge is -2.13. The second-order valence-electron chi connectivity index (χ2n) is 3.79. The second-order valence-corrected chi connectivity index (χ2v) is 4.20. The van der Waals surface area contributed by atoms with Crippen molar-refractivity contribution in [3.05, 3.63) is 23.8 Å². The summed E-state index contributed by atoms with van der Waals surface area (Å²) in [5.74, 6) is -1.46. The zero-order valence-electron chi connectivity index (χ0n) is 9.52. The van der Waals surface area contributed by atoms with Gasteiger partial charge in [0.15, 0.2) is 5.11 Å². The quantitative estimate of drug-likeness (QED) is 0.486. The van der Waals surface area contributed by atoms with Crippen LogP contribution in [0.3, 0.4) is 0 Å². The fourth-order valence-electron chi connectivity index (χ4n) is 1.21. The molecule has 0 saturated carbocycles. The van der Waals surface area contributed by atoms with Crippen LogP contribution in [-0.2, 0) is 0 Å². The first kappa shape index (κ1) is 13.2. The van der Waals surface area contributed by atoms with Crippen LogP contribution < -0.4 is 10.6 Å². The van der Waals surface area contributed by atoms with Crippen molar-refractivity contribution in [3.63, 3.8) is 0 Å². The Morgan fingerprint density at radius 3 is 2.59 bits per heavy atom. The number of nitrogens with one attached hydrogen (secondary N) is 2. The Balaban J connectivity index is 2.82. The van der Waals surface area contributed by atoms with Crippen LogP contribution in [0, 0.1) is 0 Å². The van der Waals surface area contributed by atoms with Gasteiger partial charge in [-0.15, -0.1) is 0 Å². The van der Waals surface area contributed by atoms with Gasteiger partial charge in [-0.2, -0.15) is 0 Å². The molecule has 0 fully saturated rings. The molecule has 17 heavy (non-hydrogen) atoms. The highest BCUT2D eigenvalue weighted by atomic mass is 32.1. The molecule has 0 saturated heterocycles. The van der Waals surface area contributed by atoms with Crippen molar-refractivity contribution in [3.8, 4) is 5.75 Å². The maximum atomic E-state index is 10.8. The maximum Gasteiger partial charge on any atom is 0.339 e. The lowest BCUT2D eigenvalue weighted by atomic mass is 10.2. The zero-order valence-corrected chi connectivity index (χ0v) is 10.3. The number of carboxylic acids is 1. The fourth-order valence-corrected chi connectivity index (χ4v) is 1.57. The molecule has 0 atom stereocenters. The van der Waals surface area contributed by atoms with Gasteiger partial charge in [-0.05, 0) is 44.3 Å². The number of phenols is 1. The van der Waals surface area contributed by atoms with E-state index >= 15 is 0 Å². The normalized spacial score (nSPS) is 10.1. The van der Waals surface area contributed by atoms with Gasteiger partial charge < -0.3 is 20.8 Å². The van der Waals surface area contributed by atoms with Crippen molar-refractivity contribution in [1.29, 1.82) is 0 Å². The first-order chi connectivity index (χ1) is 7.90. The molecule has 4 N–H and O–H groups in total. The predicted octanol–water partition coefficient (Wildman–Crippen LogP) is 1.79. The number of benzene rings is 1. The van der Waals surface area contributed by atoms with E-state index in [1.54, 1.807) is 6.07 Å². The number of hydrogen-bond donors (Lipinski definition) is 4. The molecule has 0 heterocycles. The summed E-state index contributed by atoms with van der Waals surface area (Å²) in [5, 5.41) is 24.4. The van der Waals surface area contributed by atoms with E-state index in [-0.39, 0.29) is 17.4 Å². The van der Waals surface area contributed by atoms with Gasteiger partial charge in [0, 0.05) is 11.7 Å². The highest BCUT2D eigenvalue weighted by Gasteiger charge is 2.10. The van der Waals surface area contributed by atoms with Crippen molar-refractivity contribution in [2.24, 2.45) is 0 Å². The largest absolute Gasteiger partial charge is 0.507 e. The van der Waals surface area contributed by atoms with Gasteiger partial charge >= 0.3 is 5.97 Å². The summed E-state index contributed by atoms with van der Waals surface area (Å²) < 4.78 is 0. The van der Waals surface area contributed by atoms with E-state index in [0.717, 1.165) is 0 Å². The Labute approximate surface area is 104 Å². The number of carboxylic acid groups (broad SMARTS) is 1. The predicted molar refractivity (Wildman–Crippen MR) is 69.6 cm³/mol. The molecule has 5 nitrogen and oxygen atoms in total. The van der Waals surface area contributed by atoms with Crippen LogP contribution in [0.4, 0.5) is 5.69 Å². The topological polar surface area (TPSA) is 81.6 Å². The Hall–Kier alpha value is -1.82. The molecular formula is C11H14N2O3S. The lowest BCUT2D eigenvalue weighted by Crippen LogP contribution is -2.33. The SMILES string of the molecule is CC(C)NC(=S)Nc1ccc(O)c(C(=O)O)c1. The van der Waals surface area contributed by atoms with E-state index in [1.807, 2.05) is 13.8 Å². The summed E-state index contributed by atoms with van der Waals surface area (Å²) in [6, 6.07) is 4.37. The molecule has 0 aliphatic heterocycles. The smallest absolute Gasteiger partial charge is 0.339 e. The average Bonchev–Trinajstić information content (AvgIpc) is 2.19. The van der Waals surface area contributed by atoms with E-state index in [0.29, 0.717) is 10.8 Å². The number of carbonyl (C=O) groups is 1. The monoisotopic (exact) mass is 254 g/mol. The van der Waals surface area contributed by atoms with Crippen LogP contribution in [0.2, 0.25) is 0 Å². The van der Waals surface area contributed by atoms with E-state index in [9.17, 15) is 9.90 Å². The fraction of sp³-hybridized carbons (Fsp3) is 0.273. The number of thiocarbonyl (C=S) groups is 1. The van der Waals surface area contributed by atoms with Crippen LogP contribution in [0.5, 0.6) is 5.75 Å². The standard InChI is InChI=1S/C11H14N2O3S/c1-6(2)12-11(17)13-7-3-4-9(14)8(5-7)10(15)16/h3-6,14H,1-2H3,(H,15,16)(H2,12,13,17). The molecule has 1 aromatic rings. The summed E-state index contributed by atoms with van der Waals surface area (Å²) in [6.45, 7) is 3.88. The van der Waals surface area contributed by atoms with Crippen molar-refractivity contribution < 1.29 is 15.0 Å². The van der Waals surface area contributed by atoms with Gasteiger partial charge in [0.1, 0.15) is 11.3 Å². The van der Waals surface area contributed by atoms with E-state index in [2.05, 4.69) is 10.6 Å². The molecule has 0 unspecified atom stereocenters. The number of hydrogen-bond acceptors (Lipinski definition) is 3. The molecular weight excluding hydrogens is 240 g/mol. The van der Waals surface area contributed by atoms with Crippen LogP contribution >= 0.6 is 12.2 Å². The number of aromatic carboxylic acids is 1. The van der Waals surface area contributed by atoms with E-state index in [1.165, 1.54) is 12.1 Å². The van der Waals surface area contributed by atoms with Crippen molar-refractivity contribution in [1.82, 2.24) is 5.32 Å². The molecule has 0 radical (unpaired) electrons.